The second kappa shape index (κ2) is 6.03. The molecule has 0 radical (unpaired) electrons. The molecule has 1 saturated heterocycles. The van der Waals surface area contributed by atoms with Gasteiger partial charge in [-0.25, -0.2) is 14.6 Å². The SMILES string of the molecule is CC(=O)N1CCN(C(=O)c2ccc(-n3cncn3)nc2)C(C)(C)C1. The van der Waals surface area contributed by atoms with Crippen LogP contribution in [0.4, 0.5) is 0 Å². The van der Waals surface area contributed by atoms with E-state index in [1.54, 1.807) is 41.4 Å². The summed E-state index contributed by atoms with van der Waals surface area (Å²) in [6.07, 6.45) is 4.53. The molecule has 0 bridgehead atoms. The smallest absolute Gasteiger partial charge is 0.255 e. The minimum Gasteiger partial charge on any atom is -0.339 e. The summed E-state index contributed by atoms with van der Waals surface area (Å²) < 4.78 is 1.53. The number of hydrogen-bond acceptors (Lipinski definition) is 5. The monoisotopic (exact) mass is 328 g/mol. The maximum atomic E-state index is 12.8. The molecule has 0 spiro atoms. The van der Waals surface area contributed by atoms with E-state index in [1.807, 2.05) is 13.8 Å². The van der Waals surface area contributed by atoms with Crippen molar-refractivity contribution in [3.05, 3.63) is 36.5 Å². The molecule has 0 aliphatic carbocycles. The summed E-state index contributed by atoms with van der Waals surface area (Å²) in [6, 6.07) is 3.47. The number of piperazine rings is 1. The molecule has 3 heterocycles. The average molecular weight is 328 g/mol. The summed E-state index contributed by atoms with van der Waals surface area (Å²) >= 11 is 0. The third-order valence-electron chi connectivity index (χ3n) is 4.24. The molecular weight excluding hydrogens is 308 g/mol. The highest BCUT2D eigenvalue weighted by atomic mass is 16.2. The van der Waals surface area contributed by atoms with Crippen molar-refractivity contribution >= 4 is 11.8 Å². The number of pyridine rings is 1. The van der Waals surface area contributed by atoms with Crippen LogP contribution in [0.1, 0.15) is 31.1 Å². The largest absolute Gasteiger partial charge is 0.339 e. The number of nitrogens with zero attached hydrogens (tertiary/aromatic N) is 6. The fourth-order valence-corrected chi connectivity index (χ4v) is 2.93. The van der Waals surface area contributed by atoms with E-state index in [2.05, 4.69) is 15.1 Å². The highest BCUT2D eigenvalue weighted by molar-refractivity contribution is 5.94. The Morgan fingerprint density at radius 1 is 1.21 bits per heavy atom. The molecular formula is C16H20N6O2. The van der Waals surface area contributed by atoms with Crippen LogP contribution in [-0.4, -0.2) is 66.5 Å². The average Bonchev–Trinajstić information content (AvgIpc) is 3.08. The van der Waals surface area contributed by atoms with Crippen LogP contribution in [0.5, 0.6) is 0 Å². The maximum absolute atomic E-state index is 12.8. The van der Waals surface area contributed by atoms with Gasteiger partial charge in [0.05, 0.1) is 11.1 Å². The Labute approximate surface area is 140 Å². The zero-order chi connectivity index (χ0) is 17.3. The van der Waals surface area contributed by atoms with Crippen LogP contribution in [0.2, 0.25) is 0 Å². The topological polar surface area (TPSA) is 84.2 Å². The van der Waals surface area contributed by atoms with Crippen molar-refractivity contribution in [1.29, 1.82) is 0 Å². The second-order valence-corrected chi connectivity index (χ2v) is 6.45. The van der Waals surface area contributed by atoms with Gasteiger partial charge in [0, 0.05) is 32.8 Å². The van der Waals surface area contributed by atoms with Gasteiger partial charge in [0.1, 0.15) is 12.7 Å². The summed E-state index contributed by atoms with van der Waals surface area (Å²) in [5.41, 5.74) is 0.0918. The maximum Gasteiger partial charge on any atom is 0.255 e. The van der Waals surface area contributed by atoms with Crippen LogP contribution in [-0.2, 0) is 4.79 Å². The fraction of sp³-hybridized carbons (Fsp3) is 0.438. The number of rotatable bonds is 2. The van der Waals surface area contributed by atoms with E-state index in [0.29, 0.717) is 31.0 Å². The third-order valence-corrected chi connectivity index (χ3v) is 4.24. The van der Waals surface area contributed by atoms with Crippen molar-refractivity contribution in [3.63, 3.8) is 0 Å². The first-order valence-corrected chi connectivity index (χ1v) is 7.77. The second-order valence-electron chi connectivity index (χ2n) is 6.45. The van der Waals surface area contributed by atoms with E-state index in [1.165, 1.54) is 11.0 Å². The number of aromatic nitrogens is 4. The predicted molar refractivity (Wildman–Crippen MR) is 86.5 cm³/mol. The fourth-order valence-electron chi connectivity index (χ4n) is 2.93. The number of hydrogen-bond donors (Lipinski definition) is 0. The van der Waals surface area contributed by atoms with E-state index >= 15 is 0 Å². The van der Waals surface area contributed by atoms with Gasteiger partial charge in [-0.15, -0.1) is 0 Å². The Morgan fingerprint density at radius 3 is 2.54 bits per heavy atom. The van der Waals surface area contributed by atoms with Crippen molar-refractivity contribution in [2.45, 2.75) is 26.3 Å². The first-order valence-electron chi connectivity index (χ1n) is 7.77. The molecule has 126 valence electrons. The van der Waals surface area contributed by atoms with Gasteiger partial charge in [0.15, 0.2) is 5.82 Å². The minimum absolute atomic E-state index is 0.0361. The molecule has 1 aliphatic heterocycles. The Bertz CT molecular complexity index is 738. The molecule has 0 N–H and O–H groups in total. The van der Waals surface area contributed by atoms with E-state index in [-0.39, 0.29) is 11.8 Å². The van der Waals surface area contributed by atoms with Gasteiger partial charge >= 0.3 is 0 Å². The first-order chi connectivity index (χ1) is 11.4. The van der Waals surface area contributed by atoms with Crippen molar-refractivity contribution in [3.8, 4) is 5.82 Å². The molecule has 3 rings (SSSR count). The molecule has 0 atom stereocenters. The minimum atomic E-state index is -0.425. The molecule has 1 aliphatic rings. The number of carbonyl (C=O) groups excluding carboxylic acids is 2. The van der Waals surface area contributed by atoms with Gasteiger partial charge in [0.25, 0.3) is 5.91 Å². The Balaban J connectivity index is 1.78. The molecule has 0 unspecified atom stereocenters. The van der Waals surface area contributed by atoms with Crippen molar-refractivity contribution in [2.24, 2.45) is 0 Å². The molecule has 1 fully saturated rings. The Kier molecular flexibility index (Phi) is 4.04. The van der Waals surface area contributed by atoms with Crippen LogP contribution in [0, 0.1) is 0 Å². The van der Waals surface area contributed by atoms with E-state index in [0.717, 1.165) is 0 Å². The van der Waals surface area contributed by atoms with Gasteiger partial charge in [-0.3, -0.25) is 9.59 Å². The lowest BCUT2D eigenvalue weighted by atomic mass is 9.97. The van der Waals surface area contributed by atoms with Crippen LogP contribution in [0.3, 0.4) is 0 Å². The molecule has 0 saturated carbocycles. The highest BCUT2D eigenvalue weighted by Gasteiger charge is 2.37. The standard InChI is InChI=1S/C16H20N6O2/c1-12(23)20-6-7-21(16(2,3)9-20)15(24)13-4-5-14(18-8-13)22-11-17-10-19-22/h4-5,8,10-11H,6-7,9H2,1-3H3. The predicted octanol–water partition coefficient (Wildman–Crippen LogP) is 0.745. The van der Waals surface area contributed by atoms with Crippen LogP contribution >= 0.6 is 0 Å². The highest BCUT2D eigenvalue weighted by Crippen LogP contribution is 2.23. The van der Waals surface area contributed by atoms with Gasteiger partial charge in [0.2, 0.25) is 5.91 Å². The summed E-state index contributed by atoms with van der Waals surface area (Å²) in [5, 5.41) is 4.01. The van der Waals surface area contributed by atoms with E-state index in [9.17, 15) is 9.59 Å². The first kappa shape index (κ1) is 16.1. The van der Waals surface area contributed by atoms with Crippen molar-refractivity contribution < 1.29 is 9.59 Å². The molecule has 0 aromatic carbocycles. The van der Waals surface area contributed by atoms with Crippen molar-refractivity contribution in [2.75, 3.05) is 19.6 Å². The number of amides is 2. The zero-order valence-corrected chi connectivity index (χ0v) is 14.0. The lowest BCUT2D eigenvalue weighted by molar-refractivity contribution is -0.133. The lowest BCUT2D eigenvalue weighted by Crippen LogP contribution is -2.61. The molecule has 2 aromatic rings. The van der Waals surface area contributed by atoms with Crippen LogP contribution < -0.4 is 0 Å². The summed E-state index contributed by atoms with van der Waals surface area (Å²) in [5.74, 6) is 0.555. The van der Waals surface area contributed by atoms with E-state index < -0.39 is 5.54 Å². The normalized spacial score (nSPS) is 17.0. The van der Waals surface area contributed by atoms with Gasteiger partial charge in [-0.1, -0.05) is 0 Å². The molecule has 24 heavy (non-hydrogen) atoms. The Morgan fingerprint density at radius 2 is 2.00 bits per heavy atom. The molecule has 8 heteroatoms. The zero-order valence-electron chi connectivity index (χ0n) is 14.0. The Hall–Kier alpha value is -2.77. The number of carbonyl (C=O) groups is 2. The van der Waals surface area contributed by atoms with Crippen LogP contribution in [0.15, 0.2) is 31.0 Å². The molecule has 2 amide bonds. The van der Waals surface area contributed by atoms with Crippen molar-refractivity contribution in [1.82, 2.24) is 29.5 Å². The van der Waals surface area contributed by atoms with Crippen LogP contribution in [0.25, 0.3) is 5.82 Å². The van der Waals surface area contributed by atoms with E-state index in [4.69, 9.17) is 0 Å². The summed E-state index contributed by atoms with van der Waals surface area (Å²) in [6.45, 7) is 7.08. The molecule has 2 aromatic heterocycles. The summed E-state index contributed by atoms with van der Waals surface area (Å²) in [4.78, 5) is 36.1. The quantitative estimate of drug-likeness (QED) is 0.812. The van der Waals surface area contributed by atoms with Gasteiger partial charge in [-0.05, 0) is 26.0 Å². The van der Waals surface area contributed by atoms with Gasteiger partial charge < -0.3 is 9.80 Å². The lowest BCUT2D eigenvalue weighted by Gasteiger charge is -2.46. The summed E-state index contributed by atoms with van der Waals surface area (Å²) in [7, 11) is 0. The molecule has 8 nitrogen and oxygen atoms in total. The third kappa shape index (κ3) is 2.99. The van der Waals surface area contributed by atoms with Gasteiger partial charge in [-0.2, -0.15) is 5.10 Å².